The molecule has 4 rings (SSSR count). The van der Waals surface area contributed by atoms with Gasteiger partial charge in [-0.05, 0) is 50.1 Å². The number of thiazole rings is 1. The average Bonchev–Trinajstić information content (AvgIpc) is 3.17. The van der Waals surface area contributed by atoms with Crippen molar-refractivity contribution >= 4 is 28.1 Å². The fraction of sp³-hybridized carbons (Fsp3) is 0.200. The van der Waals surface area contributed by atoms with Crippen LogP contribution in [0.1, 0.15) is 26.4 Å². The number of nitrogens with two attached hydrogens (primary N) is 1. The van der Waals surface area contributed by atoms with E-state index in [9.17, 15) is 4.79 Å². The number of nitrogen functional groups attached to an aromatic ring is 1. The molecule has 0 radical (unpaired) electrons. The molecular formula is C20H19N3OS. The topological polar surface area (TPSA) is 59.2 Å². The van der Waals surface area contributed by atoms with E-state index in [2.05, 4.69) is 11.1 Å². The first-order valence-electron chi connectivity index (χ1n) is 8.27. The molecule has 0 aliphatic carbocycles. The average molecular weight is 349 g/mol. The maximum Gasteiger partial charge on any atom is 0.258 e. The summed E-state index contributed by atoms with van der Waals surface area (Å²) in [5.41, 5.74) is 11.9. The van der Waals surface area contributed by atoms with Crippen molar-refractivity contribution in [2.24, 2.45) is 0 Å². The first-order valence-corrected chi connectivity index (χ1v) is 9.09. The highest BCUT2D eigenvalue weighted by Gasteiger charge is 2.26. The van der Waals surface area contributed by atoms with Crippen molar-refractivity contribution < 1.29 is 4.79 Å². The quantitative estimate of drug-likeness (QED) is 0.754. The van der Waals surface area contributed by atoms with Crippen LogP contribution in [0.2, 0.25) is 0 Å². The number of benzene rings is 2. The summed E-state index contributed by atoms with van der Waals surface area (Å²) >= 11 is 1.50. The van der Waals surface area contributed by atoms with Crippen LogP contribution in [-0.4, -0.2) is 17.4 Å². The first-order chi connectivity index (χ1) is 12.0. The lowest BCUT2D eigenvalue weighted by Gasteiger charge is -2.17. The zero-order valence-corrected chi connectivity index (χ0v) is 15.1. The lowest BCUT2D eigenvalue weighted by atomic mass is 10.1. The van der Waals surface area contributed by atoms with Crippen LogP contribution in [0.5, 0.6) is 0 Å². The van der Waals surface area contributed by atoms with E-state index in [0.29, 0.717) is 11.7 Å². The predicted octanol–water partition coefficient (Wildman–Crippen LogP) is 4.21. The summed E-state index contributed by atoms with van der Waals surface area (Å²) in [4.78, 5) is 20.2. The Morgan fingerprint density at radius 2 is 1.92 bits per heavy atom. The molecule has 25 heavy (non-hydrogen) atoms. The smallest absolute Gasteiger partial charge is 0.258 e. The molecule has 0 spiro atoms. The molecule has 2 aromatic carbocycles. The Bertz CT molecular complexity index is 960. The lowest BCUT2D eigenvalue weighted by Crippen LogP contribution is -2.28. The Balaban J connectivity index is 1.66. The number of rotatable bonds is 2. The Kier molecular flexibility index (Phi) is 3.81. The molecule has 1 amide bonds. The number of nitrogens with zero attached hydrogens (tertiary/aromatic N) is 2. The summed E-state index contributed by atoms with van der Waals surface area (Å²) in [5, 5.41) is 0.587. The fourth-order valence-corrected chi connectivity index (χ4v) is 4.01. The van der Waals surface area contributed by atoms with Gasteiger partial charge in [-0.15, -0.1) is 11.3 Å². The second kappa shape index (κ2) is 6.01. The van der Waals surface area contributed by atoms with Gasteiger partial charge >= 0.3 is 0 Å². The normalized spacial score (nSPS) is 13.1. The number of anilines is 2. The number of amides is 1. The Hall–Kier alpha value is -2.66. The number of hydrogen-bond acceptors (Lipinski definition) is 4. The van der Waals surface area contributed by atoms with Gasteiger partial charge in [0.15, 0.2) is 5.13 Å². The van der Waals surface area contributed by atoms with E-state index in [-0.39, 0.29) is 5.91 Å². The number of aryl methyl sites for hydroxylation is 2. The van der Waals surface area contributed by atoms with Gasteiger partial charge in [-0.2, -0.15) is 0 Å². The van der Waals surface area contributed by atoms with Crippen molar-refractivity contribution in [2.45, 2.75) is 20.3 Å². The van der Waals surface area contributed by atoms with E-state index in [4.69, 9.17) is 5.73 Å². The number of carbonyl (C=O) groups is 1. The Labute approximate surface area is 150 Å². The third-order valence-corrected chi connectivity index (χ3v) is 5.41. The molecule has 2 heterocycles. The Morgan fingerprint density at radius 1 is 1.16 bits per heavy atom. The molecule has 126 valence electrons. The molecule has 4 nitrogen and oxygen atoms in total. The number of hydrogen-bond donors (Lipinski definition) is 1. The first kappa shape index (κ1) is 15.8. The van der Waals surface area contributed by atoms with Crippen LogP contribution < -0.4 is 10.6 Å². The minimum absolute atomic E-state index is 0.0561. The second-order valence-electron chi connectivity index (χ2n) is 6.37. The van der Waals surface area contributed by atoms with Crippen LogP contribution in [0.25, 0.3) is 11.3 Å². The molecule has 0 atom stereocenters. The van der Waals surface area contributed by atoms with Gasteiger partial charge in [0.2, 0.25) is 0 Å². The van der Waals surface area contributed by atoms with Gasteiger partial charge in [-0.25, -0.2) is 4.98 Å². The highest BCUT2D eigenvalue weighted by Crippen LogP contribution is 2.35. The summed E-state index contributed by atoms with van der Waals surface area (Å²) in [5.74, 6) is 0.0561. The third kappa shape index (κ3) is 2.81. The molecule has 1 aliphatic rings. The van der Waals surface area contributed by atoms with Crippen molar-refractivity contribution in [1.29, 1.82) is 0 Å². The van der Waals surface area contributed by atoms with Crippen molar-refractivity contribution in [1.82, 2.24) is 4.98 Å². The number of aromatic nitrogens is 1. The maximum absolute atomic E-state index is 12.8. The minimum atomic E-state index is 0.0561. The lowest BCUT2D eigenvalue weighted by molar-refractivity contribution is 0.0989. The molecule has 0 fully saturated rings. The predicted molar refractivity (Wildman–Crippen MR) is 103 cm³/mol. The third-order valence-electron chi connectivity index (χ3n) is 4.61. The van der Waals surface area contributed by atoms with Crippen LogP contribution in [0, 0.1) is 13.8 Å². The Morgan fingerprint density at radius 3 is 2.60 bits per heavy atom. The largest absolute Gasteiger partial charge is 0.375 e. The zero-order valence-electron chi connectivity index (χ0n) is 14.2. The van der Waals surface area contributed by atoms with Gasteiger partial charge in [0.05, 0.1) is 5.69 Å². The van der Waals surface area contributed by atoms with Gasteiger partial charge in [-0.1, -0.05) is 23.8 Å². The molecule has 0 saturated carbocycles. The highest BCUT2D eigenvalue weighted by atomic mass is 32.1. The zero-order chi connectivity index (χ0) is 17.6. The molecule has 0 saturated heterocycles. The highest BCUT2D eigenvalue weighted by molar-refractivity contribution is 7.15. The van der Waals surface area contributed by atoms with Crippen molar-refractivity contribution in [3.05, 3.63) is 64.0 Å². The monoisotopic (exact) mass is 349 g/mol. The molecule has 1 aliphatic heterocycles. The summed E-state index contributed by atoms with van der Waals surface area (Å²) in [6.45, 7) is 4.77. The summed E-state index contributed by atoms with van der Waals surface area (Å²) < 4.78 is 0. The van der Waals surface area contributed by atoms with Crippen LogP contribution in [0.15, 0.2) is 42.5 Å². The molecule has 3 aromatic rings. The van der Waals surface area contributed by atoms with Crippen LogP contribution in [0.3, 0.4) is 0 Å². The standard InChI is InChI=1S/C20H19N3OS/c1-12-3-5-14(6-4-12)19(24)23-10-9-15-11-16(7-8-17(15)23)18-13(2)25-20(21)22-18/h3-8,11H,9-10H2,1-2H3,(H2,21,22). The second-order valence-corrected chi connectivity index (χ2v) is 7.61. The van der Waals surface area contributed by atoms with E-state index in [1.807, 2.05) is 55.1 Å². The molecule has 1 aromatic heterocycles. The van der Waals surface area contributed by atoms with Crippen molar-refractivity contribution in [3.63, 3.8) is 0 Å². The van der Waals surface area contributed by atoms with E-state index < -0.39 is 0 Å². The van der Waals surface area contributed by atoms with E-state index in [1.165, 1.54) is 16.9 Å². The molecule has 5 heteroatoms. The maximum atomic E-state index is 12.8. The van der Waals surface area contributed by atoms with Gasteiger partial charge in [0.1, 0.15) is 0 Å². The van der Waals surface area contributed by atoms with Crippen molar-refractivity contribution in [2.75, 3.05) is 17.2 Å². The molecule has 0 bridgehead atoms. The molecule has 2 N–H and O–H groups in total. The van der Waals surface area contributed by atoms with Crippen molar-refractivity contribution in [3.8, 4) is 11.3 Å². The summed E-state index contributed by atoms with van der Waals surface area (Å²) in [7, 11) is 0. The fourth-order valence-electron chi connectivity index (χ4n) is 3.30. The molecular weight excluding hydrogens is 330 g/mol. The molecule has 0 unspecified atom stereocenters. The van der Waals surface area contributed by atoms with Gasteiger partial charge in [-0.3, -0.25) is 4.79 Å². The summed E-state index contributed by atoms with van der Waals surface area (Å²) in [6.07, 6.45) is 0.861. The van der Waals surface area contributed by atoms with Gasteiger partial charge in [0.25, 0.3) is 5.91 Å². The number of carbonyl (C=O) groups excluding carboxylic acids is 1. The van der Waals surface area contributed by atoms with Gasteiger partial charge in [0, 0.05) is 28.2 Å². The SMILES string of the molecule is Cc1ccc(C(=O)N2CCc3cc(-c4nc(N)sc4C)ccc32)cc1. The summed E-state index contributed by atoms with van der Waals surface area (Å²) in [6, 6.07) is 13.9. The minimum Gasteiger partial charge on any atom is -0.375 e. The number of fused-ring (bicyclic) bond motifs is 1. The van der Waals surface area contributed by atoms with Crippen LogP contribution in [-0.2, 0) is 6.42 Å². The van der Waals surface area contributed by atoms with Gasteiger partial charge < -0.3 is 10.6 Å². The van der Waals surface area contributed by atoms with E-state index >= 15 is 0 Å². The van der Waals surface area contributed by atoms with E-state index in [1.54, 1.807) is 0 Å². The van der Waals surface area contributed by atoms with Crippen LogP contribution >= 0.6 is 11.3 Å². The van der Waals surface area contributed by atoms with E-state index in [0.717, 1.165) is 39.4 Å². The van der Waals surface area contributed by atoms with Crippen LogP contribution in [0.4, 0.5) is 10.8 Å².